The Bertz CT molecular complexity index is 2130. The van der Waals surface area contributed by atoms with Crippen LogP contribution in [0.5, 0.6) is 0 Å². The highest BCUT2D eigenvalue weighted by atomic mass is 19.3. The minimum atomic E-state index is -2.69. The van der Waals surface area contributed by atoms with Gasteiger partial charge in [0, 0.05) is 97.8 Å². The standard InChI is InChI=1S/C40H44F3N7O3/c1-38(10-7-34(51)45-37(38)53)25-3-5-26(6-4-25)49-11-8-23(9-12-49)22-48-13-15-50(16-14-48)36(52)27-19-30-24(17-29(27)41)18-31(44-30)35-28-20-33-39(2,40(33,42)43)21-32(28)46-47-35/h3-6,17-19,23,33,44H,7-16,20-22H2,1-2H3,(H,46,47)(H,45,51,53)/t33-,38-,39+/m0/s1. The van der Waals surface area contributed by atoms with E-state index in [-0.39, 0.29) is 36.1 Å². The molecule has 0 spiro atoms. The number of halogens is 3. The molecule has 10 nitrogen and oxygen atoms in total. The number of alkyl halides is 2. The molecule has 5 heterocycles. The number of piperazine rings is 1. The Kier molecular flexibility index (Phi) is 7.85. The summed E-state index contributed by atoms with van der Waals surface area (Å²) in [5, 5.41) is 10.5. The number of fused-ring (bicyclic) bond motifs is 3. The summed E-state index contributed by atoms with van der Waals surface area (Å²) < 4.78 is 44.4. The normalized spacial score (nSPS) is 27.5. The van der Waals surface area contributed by atoms with Crippen LogP contribution in [-0.4, -0.2) is 94.4 Å². The van der Waals surface area contributed by atoms with Gasteiger partial charge in [-0.2, -0.15) is 5.10 Å². The lowest BCUT2D eigenvalue weighted by molar-refractivity contribution is -0.137. The molecule has 3 atom stereocenters. The molecule has 53 heavy (non-hydrogen) atoms. The van der Waals surface area contributed by atoms with E-state index in [9.17, 15) is 23.2 Å². The average molecular weight is 728 g/mol. The van der Waals surface area contributed by atoms with Crippen LogP contribution in [0.25, 0.3) is 22.3 Å². The number of benzene rings is 2. The maximum Gasteiger partial charge on any atom is 0.258 e. The van der Waals surface area contributed by atoms with E-state index in [0.717, 1.165) is 68.1 Å². The highest BCUT2D eigenvalue weighted by molar-refractivity contribution is 6.03. The first-order valence-electron chi connectivity index (χ1n) is 18.8. The molecule has 2 aliphatic carbocycles. The van der Waals surface area contributed by atoms with Crippen molar-refractivity contribution in [1.29, 1.82) is 0 Å². The maximum absolute atomic E-state index is 15.4. The summed E-state index contributed by atoms with van der Waals surface area (Å²) in [5.41, 5.74) is 3.65. The molecule has 9 rings (SSSR count). The number of amides is 3. The fourth-order valence-corrected chi connectivity index (χ4v) is 9.44. The van der Waals surface area contributed by atoms with Crippen LogP contribution in [0.3, 0.4) is 0 Å². The van der Waals surface area contributed by atoms with Gasteiger partial charge in [0.25, 0.3) is 11.8 Å². The first-order valence-corrected chi connectivity index (χ1v) is 18.8. The lowest BCUT2D eigenvalue weighted by atomic mass is 9.75. The third-order valence-electron chi connectivity index (χ3n) is 13.2. The van der Waals surface area contributed by atoms with Crippen molar-refractivity contribution in [3.63, 3.8) is 0 Å². The molecule has 2 aromatic carbocycles. The van der Waals surface area contributed by atoms with Gasteiger partial charge < -0.3 is 14.8 Å². The van der Waals surface area contributed by atoms with Crippen molar-refractivity contribution < 1.29 is 27.6 Å². The molecule has 4 aromatic rings. The molecule has 5 aliphatic rings. The van der Waals surface area contributed by atoms with Crippen molar-refractivity contribution >= 4 is 34.3 Å². The first kappa shape index (κ1) is 34.1. The zero-order valence-corrected chi connectivity index (χ0v) is 30.0. The van der Waals surface area contributed by atoms with Gasteiger partial charge in [-0.15, -0.1) is 0 Å². The highest BCUT2D eigenvalue weighted by Gasteiger charge is 2.78. The summed E-state index contributed by atoms with van der Waals surface area (Å²) in [6.45, 7) is 8.86. The summed E-state index contributed by atoms with van der Waals surface area (Å²) in [7, 11) is 0. The zero-order chi connectivity index (χ0) is 36.9. The number of carbonyl (C=O) groups is 3. The second-order valence-corrected chi connectivity index (χ2v) is 16.4. The van der Waals surface area contributed by atoms with E-state index >= 15 is 4.39 Å². The number of hydrogen-bond acceptors (Lipinski definition) is 6. The van der Waals surface area contributed by atoms with Crippen LogP contribution in [0.2, 0.25) is 0 Å². The predicted octanol–water partition coefficient (Wildman–Crippen LogP) is 5.44. The van der Waals surface area contributed by atoms with Crippen LogP contribution in [0.4, 0.5) is 18.9 Å². The number of aromatic amines is 2. The van der Waals surface area contributed by atoms with Gasteiger partial charge in [0.05, 0.1) is 16.7 Å². The lowest BCUT2D eigenvalue weighted by Crippen LogP contribution is -2.50. The van der Waals surface area contributed by atoms with Gasteiger partial charge in [-0.05, 0) is 74.4 Å². The number of nitrogens with one attached hydrogen (secondary N) is 3. The zero-order valence-electron chi connectivity index (χ0n) is 30.0. The Morgan fingerprint density at radius 1 is 0.981 bits per heavy atom. The average Bonchev–Trinajstić information content (AvgIpc) is 3.52. The molecular weight excluding hydrogens is 683 g/mol. The van der Waals surface area contributed by atoms with E-state index in [0.29, 0.717) is 54.1 Å². The molecule has 1 saturated carbocycles. The molecule has 0 bridgehead atoms. The summed E-state index contributed by atoms with van der Waals surface area (Å²) in [5.74, 6) is -4.21. The molecule has 0 unspecified atom stereocenters. The Hall–Kier alpha value is -4.65. The van der Waals surface area contributed by atoms with Crippen molar-refractivity contribution in [2.24, 2.45) is 17.3 Å². The van der Waals surface area contributed by atoms with Gasteiger partial charge in [-0.25, -0.2) is 13.2 Å². The number of anilines is 1. The molecule has 278 valence electrons. The Balaban J connectivity index is 0.784. The van der Waals surface area contributed by atoms with E-state index < -0.39 is 28.5 Å². The van der Waals surface area contributed by atoms with Gasteiger partial charge in [0.15, 0.2) is 0 Å². The minimum absolute atomic E-state index is 0.0171. The highest BCUT2D eigenvalue weighted by Crippen LogP contribution is 2.70. The second-order valence-electron chi connectivity index (χ2n) is 16.4. The maximum atomic E-state index is 15.4. The fraction of sp³-hybridized carbons (Fsp3) is 0.500. The Labute approximate surface area is 305 Å². The van der Waals surface area contributed by atoms with Crippen LogP contribution in [-0.2, 0) is 27.8 Å². The number of nitrogens with zero attached hydrogens (tertiary/aromatic N) is 4. The predicted molar refractivity (Wildman–Crippen MR) is 193 cm³/mol. The molecule has 13 heteroatoms. The van der Waals surface area contributed by atoms with Crippen LogP contribution in [0.15, 0.2) is 42.5 Å². The Morgan fingerprint density at radius 3 is 2.43 bits per heavy atom. The third kappa shape index (κ3) is 5.56. The molecular formula is C40H44F3N7O3. The van der Waals surface area contributed by atoms with Crippen LogP contribution in [0.1, 0.15) is 66.7 Å². The molecule has 4 fully saturated rings. The number of piperidine rings is 2. The fourth-order valence-electron chi connectivity index (χ4n) is 9.44. The molecule has 0 radical (unpaired) electrons. The van der Waals surface area contributed by atoms with Crippen molar-refractivity contribution in [3.8, 4) is 11.4 Å². The lowest BCUT2D eigenvalue weighted by Gasteiger charge is -2.39. The number of carbonyl (C=O) groups excluding carboxylic acids is 3. The molecule has 3 aliphatic heterocycles. The van der Waals surface area contributed by atoms with Crippen LogP contribution in [0, 0.1) is 23.1 Å². The van der Waals surface area contributed by atoms with Crippen molar-refractivity contribution in [1.82, 2.24) is 30.3 Å². The van der Waals surface area contributed by atoms with E-state index in [4.69, 9.17) is 0 Å². The SMILES string of the molecule is C[C@@]1(c2ccc(N3CCC(CN4CCN(C(=O)c5cc6[nH]c(-c7n[nH]c8c7C[C@@H]7C(F)(F)[C@]7(C)C8)cc6cc5F)CC4)CC3)cc2)CCC(=O)NC1=O. The van der Waals surface area contributed by atoms with Crippen LogP contribution >= 0.6 is 0 Å². The monoisotopic (exact) mass is 727 g/mol. The number of hydrogen-bond donors (Lipinski definition) is 3. The number of rotatable bonds is 6. The Morgan fingerprint density at radius 2 is 1.72 bits per heavy atom. The second kappa shape index (κ2) is 12.2. The van der Waals surface area contributed by atoms with Gasteiger partial charge in [0.2, 0.25) is 11.8 Å². The van der Waals surface area contributed by atoms with E-state index in [1.807, 2.05) is 19.1 Å². The summed E-state index contributed by atoms with van der Waals surface area (Å²) in [6, 6.07) is 12.9. The number of aromatic nitrogens is 3. The van der Waals surface area contributed by atoms with E-state index in [2.05, 4.69) is 42.4 Å². The minimum Gasteiger partial charge on any atom is -0.372 e. The smallest absolute Gasteiger partial charge is 0.258 e. The quantitative estimate of drug-likeness (QED) is 0.228. The van der Waals surface area contributed by atoms with Gasteiger partial charge in [-0.3, -0.25) is 29.7 Å². The first-order chi connectivity index (χ1) is 25.3. The summed E-state index contributed by atoms with van der Waals surface area (Å²) in [4.78, 5) is 47.6. The van der Waals surface area contributed by atoms with Gasteiger partial charge in [0.1, 0.15) is 11.5 Å². The van der Waals surface area contributed by atoms with Crippen LogP contribution < -0.4 is 10.2 Å². The molecule has 3 N–H and O–H groups in total. The van der Waals surface area contributed by atoms with Gasteiger partial charge in [-0.1, -0.05) is 19.1 Å². The summed E-state index contributed by atoms with van der Waals surface area (Å²) in [6.07, 6.45) is 3.46. The van der Waals surface area contributed by atoms with Gasteiger partial charge >= 0.3 is 0 Å². The summed E-state index contributed by atoms with van der Waals surface area (Å²) >= 11 is 0. The molecule has 2 aromatic heterocycles. The number of H-pyrrole nitrogens is 2. The van der Waals surface area contributed by atoms with Crippen molar-refractivity contribution in [2.45, 2.75) is 63.7 Å². The largest absolute Gasteiger partial charge is 0.372 e. The van der Waals surface area contributed by atoms with Crippen molar-refractivity contribution in [3.05, 3.63) is 70.7 Å². The van der Waals surface area contributed by atoms with E-state index in [1.165, 1.54) is 6.07 Å². The topological polar surface area (TPSA) is 117 Å². The number of imide groups is 1. The van der Waals surface area contributed by atoms with Crippen molar-refractivity contribution in [2.75, 3.05) is 50.7 Å². The van der Waals surface area contributed by atoms with E-state index in [1.54, 1.807) is 24.0 Å². The molecule has 3 amide bonds. The third-order valence-corrected chi connectivity index (χ3v) is 13.2. The molecule has 3 saturated heterocycles.